The van der Waals surface area contributed by atoms with E-state index in [1.807, 2.05) is 0 Å². The first-order chi connectivity index (χ1) is 10.9. The number of esters is 2. The fourth-order valence-electron chi connectivity index (χ4n) is 4.75. The standard InChI is InChI=1S/C18H27NO4/c1-11-5-4-6-18(2)8-15-12(7-14(11)18)13(17(21)23-15)9-19-10-16(20)22-3/h12-13,15,19H,4-10H2,1-3H3. The monoisotopic (exact) mass is 321 g/mol. The molecule has 0 aromatic heterocycles. The van der Waals surface area contributed by atoms with Crippen LogP contribution in [-0.4, -0.2) is 38.2 Å². The number of carbonyl (C=O) groups excluding carboxylic acids is 2. The summed E-state index contributed by atoms with van der Waals surface area (Å²) in [5, 5.41) is 3.04. The van der Waals surface area contributed by atoms with Crippen LogP contribution >= 0.6 is 0 Å². The van der Waals surface area contributed by atoms with Gasteiger partial charge in [-0.3, -0.25) is 9.59 Å². The summed E-state index contributed by atoms with van der Waals surface area (Å²) in [6.45, 7) is 5.20. The summed E-state index contributed by atoms with van der Waals surface area (Å²) in [4.78, 5) is 23.5. The molecule has 0 aromatic rings. The molecule has 23 heavy (non-hydrogen) atoms. The van der Waals surface area contributed by atoms with Gasteiger partial charge >= 0.3 is 11.9 Å². The molecular formula is C18H27NO4. The third kappa shape index (κ3) is 3.03. The van der Waals surface area contributed by atoms with E-state index in [2.05, 4.69) is 23.9 Å². The molecule has 0 bridgehead atoms. The largest absolute Gasteiger partial charge is 0.468 e. The van der Waals surface area contributed by atoms with Crippen LogP contribution in [0.2, 0.25) is 0 Å². The van der Waals surface area contributed by atoms with Crippen molar-refractivity contribution in [2.24, 2.45) is 17.3 Å². The van der Waals surface area contributed by atoms with Crippen LogP contribution in [0, 0.1) is 17.3 Å². The van der Waals surface area contributed by atoms with Gasteiger partial charge in [0.2, 0.25) is 0 Å². The normalized spacial score (nSPS) is 36.3. The molecule has 5 nitrogen and oxygen atoms in total. The van der Waals surface area contributed by atoms with Crippen LogP contribution in [0.4, 0.5) is 0 Å². The summed E-state index contributed by atoms with van der Waals surface area (Å²) >= 11 is 0. The summed E-state index contributed by atoms with van der Waals surface area (Å²) in [6, 6.07) is 0. The molecule has 0 aromatic carbocycles. The molecule has 4 unspecified atom stereocenters. The van der Waals surface area contributed by atoms with Crippen molar-refractivity contribution in [3.05, 3.63) is 11.1 Å². The van der Waals surface area contributed by atoms with Crippen LogP contribution in [0.1, 0.15) is 46.0 Å². The van der Waals surface area contributed by atoms with Gasteiger partial charge in [0.05, 0.1) is 19.6 Å². The molecule has 2 aliphatic carbocycles. The highest BCUT2D eigenvalue weighted by atomic mass is 16.6. The van der Waals surface area contributed by atoms with E-state index in [1.165, 1.54) is 31.9 Å². The van der Waals surface area contributed by atoms with Gasteiger partial charge in [-0.2, -0.15) is 0 Å². The molecule has 1 N–H and O–H groups in total. The number of fused-ring (bicyclic) bond motifs is 2. The van der Waals surface area contributed by atoms with Crippen LogP contribution in [0.5, 0.6) is 0 Å². The molecular weight excluding hydrogens is 294 g/mol. The highest BCUT2D eigenvalue weighted by Crippen LogP contribution is 2.54. The Morgan fingerprint density at radius 3 is 3.00 bits per heavy atom. The molecule has 5 heteroatoms. The Labute approximate surface area is 137 Å². The Bertz CT molecular complexity index is 541. The van der Waals surface area contributed by atoms with E-state index in [9.17, 15) is 9.59 Å². The van der Waals surface area contributed by atoms with Crippen LogP contribution in [0.25, 0.3) is 0 Å². The van der Waals surface area contributed by atoms with Crippen molar-refractivity contribution in [2.45, 2.75) is 52.1 Å². The van der Waals surface area contributed by atoms with E-state index >= 15 is 0 Å². The fraction of sp³-hybridized carbons (Fsp3) is 0.778. The first-order valence-corrected chi connectivity index (χ1v) is 8.62. The van der Waals surface area contributed by atoms with Gasteiger partial charge in [0, 0.05) is 12.5 Å². The summed E-state index contributed by atoms with van der Waals surface area (Å²) in [6.07, 6.45) is 5.56. The van der Waals surface area contributed by atoms with E-state index in [1.54, 1.807) is 5.57 Å². The fourth-order valence-corrected chi connectivity index (χ4v) is 4.75. The van der Waals surface area contributed by atoms with Crippen molar-refractivity contribution in [1.82, 2.24) is 5.32 Å². The Hall–Kier alpha value is -1.36. The van der Waals surface area contributed by atoms with Gasteiger partial charge in [-0.1, -0.05) is 18.1 Å². The zero-order valence-electron chi connectivity index (χ0n) is 14.3. The summed E-state index contributed by atoms with van der Waals surface area (Å²) in [7, 11) is 1.37. The van der Waals surface area contributed by atoms with Crippen molar-refractivity contribution in [3.63, 3.8) is 0 Å². The second-order valence-electron chi connectivity index (χ2n) is 7.53. The maximum absolute atomic E-state index is 12.3. The molecule has 4 atom stereocenters. The average Bonchev–Trinajstić information content (AvgIpc) is 2.79. The first-order valence-electron chi connectivity index (χ1n) is 8.62. The highest BCUT2D eigenvalue weighted by molar-refractivity contribution is 5.76. The summed E-state index contributed by atoms with van der Waals surface area (Å²) in [5.74, 6) is -0.340. The van der Waals surface area contributed by atoms with E-state index in [0.717, 1.165) is 12.8 Å². The van der Waals surface area contributed by atoms with Crippen LogP contribution in [-0.2, 0) is 19.1 Å². The maximum atomic E-state index is 12.3. The molecule has 3 rings (SSSR count). The van der Waals surface area contributed by atoms with Gasteiger partial charge in [-0.05, 0) is 44.4 Å². The van der Waals surface area contributed by atoms with Crippen molar-refractivity contribution in [1.29, 1.82) is 0 Å². The number of methoxy groups -OCH3 is 1. The Balaban J connectivity index is 1.71. The number of hydrogen-bond acceptors (Lipinski definition) is 5. The number of hydrogen-bond donors (Lipinski definition) is 1. The lowest BCUT2D eigenvalue weighted by atomic mass is 9.59. The van der Waals surface area contributed by atoms with E-state index in [4.69, 9.17) is 4.74 Å². The van der Waals surface area contributed by atoms with Gasteiger partial charge in [0.15, 0.2) is 0 Å². The Morgan fingerprint density at radius 2 is 2.26 bits per heavy atom. The lowest BCUT2D eigenvalue weighted by Crippen LogP contribution is -2.41. The molecule has 3 aliphatic rings. The third-order valence-corrected chi connectivity index (χ3v) is 6.04. The number of carbonyl (C=O) groups is 2. The van der Waals surface area contributed by atoms with Gasteiger partial charge in [0.25, 0.3) is 0 Å². The number of rotatable bonds is 4. The van der Waals surface area contributed by atoms with Crippen molar-refractivity contribution in [3.8, 4) is 0 Å². The van der Waals surface area contributed by atoms with E-state index < -0.39 is 0 Å². The third-order valence-electron chi connectivity index (χ3n) is 6.04. The minimum absolute atomic E-state index is 0.0343. The second-order valence-corrected chi connectivity index (χ2v) is 7.53. The predicted molar refractivity (Wildman–Crippen MR) is 85.6 cm³/mol. The number of allylic oxidation sites excluding steroid dienone is 2. The summed E-state index contributed by atoms with van der Waals surface area (Å²) < 4.78 is 10.3. The first kappa shape index (κ1) is 16.5. The molecule has 0 radical (unpaired) electrons. The van der Waals surface area contributed by atoms with Crippen molar-refractivity contribution < 1.29 is 19.1 Å². The molecule has 1 aliphatic heterocycles. The molecule has 0 amide bonds. The Morgan fingerprint density at radius 1 is 1.48 bits per heavy atom. The lowest BCUT2D eigenvalue weighted by Gasteiger charge is -2.45. The quantitative estimate of drug-likeness (QED) is 0.635. The second kappa shape index (κ2) is 6.27. The van der Waals surface area contributed by atoms with Crippen molar-refractivity contribution in [2.75, 3.05) is 20.2 Å². The zero-order chi connectivity index (χ0) is 16.6. The Kier molecular flexibility index (Phi) is 4.50. The van der Waals surface area contributed by atoms with Gasteiger partial charge in [-0.15, -0.1) is 0 Å². The molecule has 1 heterocycles. The molecule has 1 saturated heterocycles. The molecule has 2 fully saturated rings. The van der Waals surface area contributed by atoms with Crippen LogP contribution < -0.4 is 5.32 Å². The summed E-state index contributed by atoms with van der Waals surface area (Å²) in [5.41, 5.74) is 3.28. The van der Waals surface area contributed by atoms with Gasteiger partial charge < -0.3 is 14.8 Å². The zero-order valence-corrected chi connectivity index (χ0v) is 14.3. The van der Waals surface area contributed by atoms with Crippen molar-refractivity contribution >= 4 is 11.9 Å². The molecule has 1 saturated carbocycles. The van der Waals surface area contributed by atoms with Crippen LogP contribution in [0.3, 0.4) is 0 Å². The van der Waals surface area contributed by atoms with E-state index in [0.29, 0.717) is 6.54 Å². The minimum Gasteiger partial charge on any atom is -0.468 e. The van der Waals surface area contributed by atoms with Gasteiger partial charge in [0.1, 0.15) is 6.10 Å². The van der Waals surface area contributed by atoms with E-state index in [-0.39, 0.29) is 41.8 Å². The van der Waals surface area contributed by atoms with Gasteiger partial charge in [-0.25, -0.2) is 0 Å². The topological polar surface area (TPSA) is 64.6 Å². The SMILES string of the molecule is COC(=O)CNCC1C(=O)OC2CC3(C)CCCC(C)=C3CC21. The minimum atomic E-state index is -0.310. The highest BCUT2D eigenvalue weighted by Gasteiger charge is 2.52. The molecule has 128 valence electrons. The lowest BCUT2D eigenvalue weighted by molar-refractivity contribution is -0.145. The van der Waals surface area contributed by atoms with Crippen LogP contribution in [0.15, 0.2) is 11.1 Å². The predicted octanol–water partition coefficient (Wildman–Crippen LogP) is 2.21. The number of ether oxygens (including phenoxy) is 2. The molecule has 0 spiro atoms. The smallest absolute Gasteiger partial charge is 0.319 e. The maximum Gasteiger partial charge on any atom is 0.319 e. The average molecular weight is 321 g/mol. The number of nitrogens with one attached hydrogen (secondary N) is 1.